The zero-order chi connectivity index (χ0) is 25.8. The van der Waals surface area contributed by atoms with Crippen LogP contribution >= 0.6 is 0 Å². The number of rotatable bonds is 2. The number of hydrogen-bond donors (Lipinski definition) is 1. The van der Waals surface area contributed by atoms with Gasteiger partial charge in [-0.25, -0.2) is 19.3 Å². The fourth-order valence-corrected chi connectivity index (χ4v) is 5.30. The number of ether oxygens (including phenoxy) is 1. The summed E-state index contributed by atoms with van der Waals surface area (Å²) in [4.78, 5) is 43.9. The molecule has 1 N–H and O–H groups in total. The van der Waals surface area contributed by atoms with Crippen molar-refractivity contribution in [1.82, 2.24) is 29.2 Å². The van der Waals surface area contributed by atoms with E-state index in [0.29, 0.717) is 53.9 Å². The molecule has 1 aromatic carbocycles. The summed E-state index contributed by atoms with van der Waals surface area (Å²) in [6, 6.07) is 9.88. The highest BCUT2D eigenvalue weighted by molar-refractivity contribution is 5.96. The lowest BCUT2D eigenvalue weighted by atomic mass is 9.99. The number of benzene rings is 1. The minimum absolute atomic E-state index is 0.0177. The summed E-state index contributed by atoms with van der Waals surface area (Å²) < 4.78 is 8.90. The van der Waals surface area contributed by atoms with Crippen LogP contribution < -0.4 is 20.5 Å². The highest BCUT2D eigenvalue weighted by atomic mass is 16.5. The Labute approximate surface area is 218 Å². The molecule has 0 unspecified atom stereocenters. The second kappa shape index (κ2) is 8.80. The van der Waals surface area contributed by atoms with Crippen molar-refractivity contribution >= 4 is 34.4 Å². The van der Waals surface area contributed by atoms with Crippen molar-refractivity contribution in [2.24, 2.45) is 0 Å². The predicted molar refractivity (Wildman–Crippen MR) is 142 cm³/mol. The van der Waals surface area contributed by atoms with Crippen LogP contribution in [-0.2, 0) is 24.3 Å². The average molecular weight is 511 g/mol. The number of fused-ring (bicyclic) bond motifs is 6. The van der Waals surface area contributed by atoms with E-state index in [-0.39, 0.29) is 18.1 Å². The summed E-state index contributed by atoms with van der Waals surface area (Å²) in [5, 5.41) is 3.70. The Bertz CT molecular complexity index is 1690. The summed E-state index contributed by atoms with van der Waals surface area (Å²) in [6.45, 7) is 2.75. The third-order valence-corrected chi connectivity index (χ3v) is 7.25. The lowest BCUT2D eigenvalue weighted by molar-refractivity contribution is -0.121. The molecule has 6 heterocycles. The maximum atomic E-state index is 13.4. The Morgan fingerprint density at radius 1 is 1.03 bits per heavy atom. The highest BCUT2D eigenvalue weighted by Gasteiger charge is 2.28. The van der Waals surface area contributed by atoms with Crippen molar-refractivity contribution in [1.29, 1.82) is 0 Å². The van der Waals surface area contributed by atoms with Crippen LogP contribution in [0.4, 0.5) is 17.5 Å². The third-order valence-electron chi connectivity index (χ3n) is 7.25. The summed E-state index contributed by atoms with van der Waals surface area (Å²) in [5.74, 6) is 1.69. The molecule has 11 heteroatoms. The van der Waals surface area contributed by atoms with Crippen LogP contribution in [0, 0.1) is 0 Å². The van der Waals surface area contributed by atoms with Gasteiger partial charge in [-0.1, -0.05) is 18.2 Å². The first-order valence-electron chi connectivity index (χ1n) is 12.7. The standard InChI is InChI=1S/C27H26N8O3/c1-32-12-9-17-5-6-19(13-18(17)15-32)29-27-28-14-20-24(31-27)35-22-8-7-21-25(30-22)33(23(36)16-38-21)10-3-2-4-11-34(35)26(20)37/h2,4-8,13-14H,3,9-12,15-16H2,1H3,(H,28,29,31)/b4-2+. The van der Waals surface area contributed by atoms with Gasteiger partial charge in [0, 0.05) is 31.5 Å². The van der Waals surface area contributed by atoms with Crippen molar-refractivity contribution in [3.8, 4) is 11.6 Å². The second-order valence-electron chi connectivity index (χ2n) is 9.81. The van der Waals surface area contributed by atoms with Crippen molar-refractivity contribution in [2.45, 2.75) is 25.9 Å². The Hall–Kier alpha value is -4.51. The van der Waals surface area contributed by atoms with E-state index in [9.17, 15) is 9.59 Å². The second-order valence-corrected chi connectivity index (χ2v) is 9.81. The van der Waals surface area contributed by atoms with Crippen LogP contribution in [0.1, 0.15) is 17.5 Å². The topological polar surface area (TPSA) is 110 Å². The smallest absolute Gasteiger partial charge is 0.278 e. The zero-order valence-corrected chi connectivity index (χ0v) is 20.9. The minimum Gasteiger partial charge on any atom is -0.480 e. The van der Waals surface area contributed by atoms with Crippen LogP contribution in [0.5, 0.6) is 5.75 Å². The summed E-state index contributed by atoms with van der Waals surface area (Å²) in [5.41, 5.74) is 3.75. The fourth-order valence-electron chi connectivity index (χ4n) is 5.30. The van der Waals surface area contributed by atoms with Crippen molar-refractivity contribution in [3.63, 3.8) is 0 Å². The van der Waals surface area contributed by atoms with Gasteiger partial charge in [0.2, 0.25) is 5.95 Å². The number of amides is 1. The number of pyridine rings is 1. The molecule has 38 heavy (non-hydrogen) atoms. The van der Waals surface area contributed by atoms with E-state index in [1.165, 1.54) is 11.1 Å². The molecule has 2 bridgehead atoms. The van der Waals surface area contributed by atoms with Crippen molar-refractivity contribution < 1.29 is 9.53 Å². The first-order chi connectivity index (χ1) is 18.5. The minimum atomic E-state index is -0.212. The van der Waals surface area contributed by atoms with Gasteiger partial charge in [0.15, 0.2) is 29.6 Å². The van der Waals surface area contributed by atoms with Crippen LogP contribution in [0.15, 0.2) is 53.5 Å². The lowest BCUT2D eigenvalue weighted by Crippen LogP contribution is -2.40. The molecule has 0 aliphatic carbocycles. The summed E-state index contributed by atoms with van der Waals surface area (Å²) in [7, 11) is 2.12. The molecule has 7 rings (SSSR count). The number of carbonyl (C=O) groups excluding carboxylic acids is 1. The Morgan fingerprint density at radius 3 is 2.87 bits per heavy atom. The molecule has 0 spiro atoms. The van der Waals surface area contributed by atoms with Crippen LogP contribution in [0.3, 0.4) is 0 Å². The Morgan fingerprint density at radius 2 is 1.95 bits per heavy atom. The van der Waals surface area contributed by atoms with Crippen LogP contribution in [-0.4, -0.2) is 61.9 Å². The van der Waals surface area contributed by atoms with E-state index < -0.39 is 0 Å². The van der Waals surface area contributed by atoms with Gasteiger partial charge >= 0.3 is 0 Å². The van der Waals surface area contributed by atoms with Gasteiger partial charge in [0.25, 0.3) is 11.5 Å². The number of nitrogens with one attached hydrogen (secondary N) is 1. The van der Waals surface area contributed by atoms with Gasteiger partial charge in [0.05, 0.1) is 6.54 Å². The number of aromatic nitrogens is 5. The Kier molecular flexibility index (Phi) is 5.25. The van der Waals surface area contributed by atoms with Gasteiger partial charge in [-0.15, -0.1) is 0 Å². The van der Waals surface area contributed by atoms with Crippen molar-refractivity contribution in [3.05, 3.63) is 70.2 Å². The molecule has 0 atom stereocenters. The molecule has 4 aromatic rings. The predicted octanol–water partition coefficient (Wildman–Crippen LogP) is 2.39. The molecule has 0 fully saturated rings. The van der Waals surface area contributed by atoms with E-state index in [1.807, 2.05) is 18.2 Å². The molecule has 192 valence electrons. The number of likely N-dealkylation sites (N-methyl/N-ethyl adjacent to an activating group) is 1. The third kappa shape index (κ3) is 3.74. The molecule has 3 aliphatic heterocycles. The SMILES string of the molecule is CN1CCc2ccc(Nc3ncc4c(=O)n5n(c4n3)-c3ccc4c(n3)N(CC/C=C/C5)C(=O)CO4)cc2C1. The molecule has 0 saturated heterocycles. The average Bonchev–Trinajstić information content (AvgIpc) is 3.17. The van der Waals surface area contributed by atoms with E-state index in [2.05, 4.69) is 34.4 Å². The van der Waals surface area contributed by atoms with Crippen LogP contribution in [0.2, 0.25) is 0 Å². The fraction of sp³-hybridized carbons (Fsp3) is 0.296. The molecule has 3 aromatic heterocycles. The van der Waals surface area contributed by atoms with E-state index in [4.69, 9.17) is 14.7 Å². The molecular formula is C27H26N8O3. The summed E-state index contributed by atoms with van der Waals surface area (Å²) in [6.07, 6.45) is 7.12. The van der Waals surface area contributed by atoms with Gasteiger partial charge in [-0.05, 0) is 55.3 Å². The highest BCUT2D eigenvalue weighted by Crippen LogP contribution is 2.32. The number of hydrogen-bond acceptors (Lipinski definition) is 8. The number of carbonyl (C=O) groups is 1. The summed E-state index contributed by atoms with van der Waals surface area (Å²) >= 11 is 0. The molecule has 0 saturated carbocycles. The maximum absolute atomic E-state index is 13.4. The van der Waals surface area contributed by atoms with Gasteiger partial charge in [0.1, 0.15) is 5.39 Å². The van der Waals surface area contributed by atoms with Gasteiger partial charge in [-0.2, -0.15) is 4.98 Å². The molecule has 1 amide bonds. The van der Waals surface area contributed by atoms with Crippen molar-refractivity contribution in [2.75, 3.05) is 37.0 Å². The first-order valence-corrected chi connectivity index (χ1v) is 12.7. The lowest BCUT2D eigenvalue weighted by Gasteiger charge is -2.28. The van der Waals surface area contributed by atoms with E-state index in [1.54, 1.807) is 32.6 Å². The number of anilines is 3. The zero-order valence-electron chi connectivity index (χ0n) is 20.9. The largest absolute Gasteiger partial charge is 0.480 e. The molecule has 11 nitrogen and oxygen atoms in total. The normalized spacial score (nSPS) is 17.8. The molecule has 3 aliphatic rings. The Balaban J connectivity index is 1.35. The number of allylic oxidation sites excluding steroid dienone is 1. The van der Waals surface area contributed by atoms with Gasteiger partial charge in [-0.3, -0.25) is 14.5 Å². The quantitative estimate of drug-likeness (QED) is 0.410. The maximum Gasteiger partial charge on any atom is 0.278 e. The van der Waals surface area contributed by atoms with Crippen LogP contribution in [0.25, 0.3) is 16.9 Å². The number of nitrogens with zero attached hydrogens (tertiary/aromatic N) is 7. The monoisotopic (exact) mass is 510 g/mol. The molecule has 0 radical (unpaired) electrons. The first kappa shape index (κ1) is 22.7. The van der Waals surface area contributed by atoms with Gasteiger partial charge < -0.3 is 15.0 Å². The van der Waals surface area contributed by atoms with E-state index in [0.717, 1.165) is 25.2 Å². The molecular weight excluding hydrogens is 484 g/mol. The van der Waals surface area contributed by atoms with E-state index >= 15 is 0 Å².